The molecule has 2 aliphatic rings. The maximum atomic E-state index is 13.7. The summed E-state index contributed by atoms with van der Waals surface area (Å²) in [5.74, 6) is -2.92. The van der Waals surface area contributed by atoms with Crippen molar-refractivity contribution >= 4 is 29.7 Å². The monoisotopic (exact) mass is 529 g/mol. The maximum Gasteiger partial charge on any atom is 0.379 e. The molecule has 0 aliphatic carbocycles. The summed E-state index contributed by atoms with van der Waals surface area (Å²) in [4.78, 5) is 64.2. The Balaban J connectivity index is 1.37. The quantitative estimate of drug-likeness (QED) is 0.187. The Labute approximate surface area is 222 Å². The fourth-order valence-corrected chi connectivity index (χ4v) is 4.66. The number of aliphatic imine (C=N–C) groups is 1. The Morgan fingerprint density at radius 3 is 2.18 bits per heavy atom. The van der Waals surface area contributed by atoms with Crippen LogP contribution in [0.25, 0.3) is 0 Å². The van der Waals surface area contributed by atoms with Gasteiger partial charge in [0.1, 0.15) is 6.61 Å². The fourth-order valence-electron chi connectivity index (χ4n) is 4.66. The summed E-state index contributed by atoms with van der Waals surface area (Å²) >= 11 is 0. The number of nitrogens with zero attached hydrogens (tertiary/aromatic N) is 3. The molecule has 2 fully saturated rings. The summed E-state index contributed by atoms with van der Waals surface area (Å²) in [6.45, 7) is -0.191. The van der Waals surface area contributed by atoms with E-state index >= 15 is 0 Å². The summed E-state index contributed by atoms with van der Waals surface area (Å²) in [6, 6.07) is 22.9. The molecule has 0 aromatic heterocycles. The van der Waals surface area contributed by atoms with Crippen LogP contribution in [-0.2, 0) is 28.8 Å². The van der Waals surface area contributed by atoms with E-state index in [2.05, 4.69) is 4.99 Å². The lowest BCUT2D eigenvalue weighted by atomic mass is 9.76. The smallest absolute Gasteiger partial charge is 0.379 e. The predicted octanol–water partition coefficient (Wildman–Crippen LogP) is 3.52. The average Bonchev–Trinajstić information content (AvgIpc) is 3.51. The van der Waals surface area contributed by atoms with Gasteiger partial charge in [-0.25, -0.2) is 9.63 Å². The van der Waals surface area contributed by atoms with E-state index in [0.29, 0.717) is 10.8 Å². The first-order valence-electron chi connectivity index (χ1n) is 12.2. The van der Waals surface area contributed by atoms with Crippen LogP contribution in [0.1, 0.15) is 35.4 Å². The van der Waals surface area contributed by atoms with Gasteiger partial charge in [-0.1, -0.05) is 60.7 Å². The van der Waals surface area contributed by atoms with Crippen molar-refractivity contribution in [3.63, 3.8) is 0 Å². The number of hydroxylamine groups is 2. The number of ether oxygens (including phenoxy) is 1. The Bertz CT molecular complexity index is 1370. The van der Waals surface area contributed by atoms with Gasteiger partial charge >= 0.3 is 17.8 Å². The number of esters is 1. The van der Waals surface area contributed by atoms with Gasteiger partial charge in [-0.3, -0.25) is 24.7 Å². The molecule has 0 N–H and O–H groups in total. The molecule has 198 valence electrons. The number of hydrogen-bond donors (Lipinski definition) is 0. The molecule has 3 aromatic rings. The van der Waals surface area contributed by atoms with Crippen LogP contribution in [0.15, 0.2) is 89.9 Å². The Morgan fingerprint density at radius 1 is 1.03 bits per heavy atom. The summed E-state index contributed by atoms with van der Waals surface area (Å²) in [6.07, 6.45) is 1.42. The van der Waals surface area contributed by atoms with Gasteiger partial charge in [0.25, 0.3) is 5.69 Å². The van der Waals surface area contributed by atoms with E-state index in [1.54, 1.807) is 0 Å². The molecular weight excluding hydrogens is 506 g/mol. The van der Waals surface area contributed by atoms with E-state index in [1.165, 1.54) is 30.5 Å². The zero-order valence-electron chi connectivity index (χ0n) is 20.5. The van der Waals surface area contributed by atoms with Gasteiger partial charge in [-0.05, 0) is 34.0 Å². The van der Waals surface area contributed by atoms with Crippen molar-refractivity contribution in [2.75, 3.05) is 6.61 Å². The van der Waals surface area contributed by atoms with Crippen LogP contribution in [0.3, 0.4) is 0 Å². The zero-order valence-corrected chi connectivity index (χ0v) is 20.5. The second-order valence-corrected chi connectivity index (χ2v) is 9.03. The van der Waals surface area contributed by atoms with Crippen LogP contribution in [0.5, 0.6) is 0 Å². The van der Waals surface area contributed by atoms with Gasteiger partial charge in [-0.15, -0.1) is 0 Å². The van der Waals surface area contributed by atoms with Crippen LogP contribution < -0.4 is 0 Å². The molecule has 3 aromatic carbocycles. The van der Waals surface area contributed by atoms with Crippen molar-refractivity contribution in [1.29, 1.82) is 0 Å². The van der Waals surface area contributed by atoms with Gasteiger partial charge < -0.3 is 9.57 Å². The molecule has 11 nitrogen and oxygen atoms in total. The Kier molecular flexibility index (Phi) is 7.15. The van der Waals surface area contributed by atoms with Crippen LogP contribution >= 0.6 is 0 Å². The standard InChI is InChI=1S/C28H23N3O8/c32-24-15-16-28(38-24,25(20-7-3-1-4-8-20)21-9-5-2-6-10-21)27(34)39-31-26(33)23(18-37-31)29-17-19-11-13-22(14-12-19)30(35)36/h1-14,17,23,25H,15-16,18H2/t23-,28?/m0/s1. The van der Waals surface area contributed by atoms with Gasteiger partial charge in [0.2, 0.25) is 5.60 Å². The van der Waals surface area contributed by atoms with Crippen molar-refractivity contribution in [3.05, 3.63) is 112 Å². The number of carbonyl (C=O) groups excluding carboxylic acids is 3. The van der Waals surface area contributed by atoms with Gasteiger partial charge in [0.05, 0.1) is 10.8 Å². The number of non-ortho nitro benzene ring substituents is 1. The fraction of sp³-hybridized carbons (Fsp3) is 0.214. The molecular formula is C28H23N3O8. The van der Waals surface area contributed by atoms with Crippen molar-refractivity contribution in [3.8, 4) is 0 Å². The largest absolute Gasteiger partial charge is 0.446 e. The first-order chi connectivity index (χ1) is 18.9. The average molecular weight is 530 g/mol. The molecule has 0 saturated carbocycles. The molecule has 1 unspecified atom stereocenters. The van der Waals surface area contributed by atoms with Crippen molar-refractivity contribution in [2.24, 2.45) is 4.99 Å². The number of cyclic esters (lactones) is 1. The van der Waals surface area contributed by atoms with Crippen LogP contribution in [0, 0.1) is 10.1 Å². The SMILES string of the molecule is O=C1CCC(C(=O)ON2OC[C@H](N=Cc3ccc([N+](=O)[O-])cc3)C2=O)(C(c2ccccc2)c2ccccc2)O1. The Morgan fingerprint density at radius 2 is 1.64 bits per heavy atom. The van der Waals surface area contributed by atoms with Gasteiger partial charge in [-0.2, -0.15) is 0 Å². The minimum Gasteiger partial charge on any atom is -0.446 e. The van der Waals surface area contributed by atoms with E-state index in [0.717, 1.165) is 11.1 Å². The van der Waals surface area contributed by atoms with Gasteiger partial charge in [0, 0.05) is 31.2 Å². The first kappa shape index (κ1) is 25.7. The molecule has 2 aliphatic heterocycles. The van der Waals surface area contributed by atoms with Crippen molar-refractivity contribution in [1.82, 2.24) is 5.23 Å². The number of hydrogen-bond acceptors (Lipinski definition) is 9. The van der Waals surface area contributed by atoms with Crippen molar-refractivity contribution in [2.45, 2.75) is 30.4 Å². The number of amides is 1. The highest BCUT2D eigenvalue weighted by atomic mass is 17.0. The summed E-state index contributed by atoms with van der Waals surface area (Å²) < 4.78 is 5.70. The van der Waals surface area contributed by atoms with E-state index in [9.17, 15) is 24.5 Å². The predicted molar refractivity (Wildman–Crippen MR) is 136 cm³/mol. The molecule has 5 rings (SSSR count). The Hall–Kier alpha value is -4.90. The molecule has 2 saturated heterocycles. The van der Waals surface area contributed by atoms with E-state index in [4.69, 9.17) is 14.4 Å². The number of nitro groups is 1. The van der Waals surface area contributed by atoms with Crippen LogP contribution in [0.2, 0.25) is 0 Å². The molecule has 39 heavy (non-hydrogen) atoms. The molecule has 0 spiro atoms. The molecule has 0 bridgehead atoms. The molecule has 11 heteroatoms. The lowest BCUT2D eigenvalue weighted by Gasteiger charge is -2.34. The second-order valence-electron chi connectivity index (χ2n) is 9.03. The number of rotatable bonds is 8. The minimum atomic E-state index is -1.73. The highest BCUT2D eigenvalue weighted by Gasteiger charge is 2.57. The van der Waals surface area contributed by atoms with Crippen molar-refractivity contribution < 1.29 is 33.7 Å². The topological polar surface area (TPSA) is 138 Å². The molecule has 1 amide bonds. The number of carbonyl (C=O) groups is 3. The summed E-state index contributed by atoms with van der Waals surface area (Å²) in [7, 11) is 0. The number of nitro benzene ring substituents is 1. The zero-order chi connectivity index (χ0) is 27.4. The van der Waals surface area contributed by atoms with Gasteiger partial charge in [0.15, 0.2) is 6.04 Å². The normalized spacial score (nSPS) is 20.9. The summed E-state index contributed by atoms with van der Waals surface area (Å²) in [5.41, 5.74) is 0.193. The highest BCUT2D eigenvalue weighted by Crippen LogP contribution is 2.45. The highest BCUT2D eigenvalue weighted by molar-refractivity contribution is 5.91. The van der Waals surface area contributed by atoms with Crippen LogP contribution in [-0.4, -0.2) is 52.5 Å². The number of benzene rings is 3. The lowest BCUT2D eigenvalue weighted by molar-refractivity contribution is -0.384. The second kappa shape index (κ2) is 10.8. The van der Waals surface area contributed by atoms with Crippen LogP contribution in [0.4, 0.5) is 5.69 Å². The van der Waals surface area contributed by atoms with E-state index in [-0.39, 0.29) is 25.1 Å². The maximum absolute atomic E-state index is 13.7. The molecule has 2 heterocycles. The third-order valence-electron chi connectivity index (χ3n) is 6.56. The first-order valence-corrected chi connectivity index (χ1v) is 12.2. The molecule has 2 atom stereocenters. The van der Waals surface area contributed by atoms with E-state index in [1.807, 2.05) is 60.7 Å². The minimum absolute atomic E-state index is 0.00221. The summed E-state index contributed by atoms with van der Waals surface area (Å²) in [5, 5.41) is 11.3. The third-order valence-corrected chi connectivity index (χ3v) is 6.56. The molecule has 0 radical (unpaired) electrons. The third kappa shape index (κ3) is 5.25. The lowest BCUT2D eigenvalue weighted by Crippen LogP contribution is -2.49. The van der Waals surface area contributed by atoms with E-state index < -0.39 is 40.3 Å².